The van der Waals surface area contributed by atoms with E-state index in [1.54, 1.807) is 30.1 Å². The Morgan fingerprint density at radius 2 is 1.78 bits per heavy atom. The molecular formula is C29H27ClF3N3O. The summed E-state index contributed by atoms with van der Waals surface area (Å²) in [7, 11) is 1.55. The standard InChI is InChI=1S/C29H27ClF3N3O/c1-35(19-34)27-13-12-25(30)17-26(27)28(37)36(15-14-20-4-2-7-24(16-20)29(31,32)33)18-21-8-10-23(11-9-21)22-5-3-6-22/h2,4,7-13,16-17,22H,3,5-6,14-15,18H2,1H3. The van der Waals surface area contributed by atoms with E-state index < -0.39 is 11.7 Å². The molecule has 1 aliphatic rings. The second-order valence-corrected chi connectivity index (χ2v) is 9.80. The number of alkyl halides is 3. The summed E-state index contributed by atoms with van der Waals surface area (Å²) >= 11 is 6.19. The van der Waals surface area contributed by atoms with E-state index in [9.17, 15) is 23.2 Å². The summed E-state index contributed by atoms with van der Waals surface area (Å²) in [6.07, 6.45) is 1.41. The van der Waals surface area contributed by atoms with E-state index >= 15 is 0 Å². The molecule has 4 nitrogen and oxygen atoms in total. The van der Waals surface area contributed by atoms with Gasteiger partial charge in [-0.25, -0.2) is 0 Å². The van der Waals surface area contributed by atoms with Crippen molar-refractivity contribution in [3.05, 3.63) is 99.6 Å². The van der Waals surface area contributed by atoms with E-state index in [2.05, 4.69) is 12.1 Å². The average molecular weight is 526 g/mol. The molecule has 0 radical (unpaired) electrons. The highest BCUT2D eigenvalue weighted by Gasteiger charge is 2.30. The third kappa shape index (κ3) is 6.44. The van der Waals surface area contributed by atoms with Gasteiger partial charge < -0.3 is 4.90 Å². The van der Waals surface area contributed by atoms with Gasteiger partial charge in [0.2, 0.25) is 0 Å². The minimum absolute atomic E-state index is 0.187. The quantitative estimate of drug-likeness (QED) is 0.227. The molecule has 1 aliphatic carbocycles. The van der Waals surface area contributed by atoms with Crippen LogP contribution in [0.15, 0.2) is 66.7 Å². The summed E-state index contributed by atoms with van der Waals surface area (Å²) in [5, 5.41) is 9.75. The van der Waals surface area contributed by atoms with E-state index in [-0.39, 0.29) is 31.0 Å². The van der Waals surface area contributed by atoms with Gasteiger partial charge in [-0.1, -0.05) is 60.5 Å². The Morgan fingerprint density at radius 3 is 2.41 bits per heavy atom. The molecule has 192 valence electrons. The first-order chi connectivity index (χ1) is 17.7. The van der Waals surface area contributed by atoms with Crippen LogP contribution in [0.4, 0.5) is 18.9 Å². The van der Waals surface area contributed by atoms with E-state index in [1.165, 1.54) is 41.9 Å². The van der Waals surface area contributed by atoms with Crippen molar-refractivity contribution in [2.45, 2.75) is 44.3 Å². The minimum Gasteiger partial charge on any atom is -0.334 e. The van der Waals surface area contributed by atoms with Crippen LogP contribution >= 0.6 is 11.6 Å². The van der Waals surface area contributed by atoms with Crippen LogP contribution in [0.25, 0.3) is 0 Å². The van der Waals surface area contributed by atoms with Gasteiger partial charge in [0.1, 0.15) is 0 Å². The van der Waals surface area contributed by atoms with Gasteiger partial charge in [0.25, 0.3) is 5.91 Å². The number of carbonyl (C=O) groups excluding carboxylic acids is 1. The van der Waals surface area contributed by atoms with Crippen LogP contribution in [0.2, 0.25) is 5.02 Å². The van der Waals surface area contributed by atoms with E-state index in [4.69, 9.17) is 11.6 Å². The Bertz CT molecular complexity index is 1300. The summed E-state index contributed by atoms with van der Waals surface area (Å²) in [6, 6.07) is 18.0. The third-order valence-corrected chi connectivity index (χ3v) is 7.08. The van der Waals surface area contributed by atoms with Crippen molar-refractivity contribution in [3.63, 3.8) is 0 Å². The summed E-state index contributed by atoms with van der Waals surface area (Å²) in [6.45, 7) is 0.456. The van der Waals surface area contributed by atoms with Crippen molar-refractivity contribution < 1.29 is 18.0 Å². The fourth-order valence-electron chi connectivity index (χ4n) is 4.47. The van der Waals surface area contributed by atoms with Crippen molar-refractivity contribution in [2.24, 2.45) is 0 Å². The average Bonchev–Trinajstić information content (AvgIpc) is 2.85. The number of rotatable bonds is 8. The Morgan fingerprint density at radius 1 is 1.05 bits per heavy atom. The van der Waals surface area contributed by atoms with Gasteiger partial charge in [-0.2, -0.15) is 18.4 Å². The summed E-state index contributed by atoms with van der Waals surface area (Å²) in [5.74, 6) is 0.234. The van der Waals surface area contributed by atoms with Crippen molar-refractivity contribution in [1.29, 1.82) is 5.26 Å². The van der Waals surface area contributed by atoms with Crippen LogP contribution in [-0.4, -0.2) is 24.4 Å². The molecule has 1 amide bonds. The molecule has 1 fully saturated rings. The topological polar surface area (TPSA) is 47.3 Å². The second-order valence-electron chi connectivity index (χ2n) is 9.36. The first kappa shape index (κ1) is 26.6. The van der Waals surface area contributed by atoms with Crippen LogP contribution in [-0.2, 0) is 19.1 Å². The molecule has 8 heteroatoms. The van der Waals surface area contributed by atoms with Crippen LogP contribution in [0.5, 0.6) is 0 Å². The number of halogens is 4. The van der Waals surface area contributed by atoms with E-state index in [0.717, 1.165) is 17.7 Å². The smallest absolute Gasteiger partial charge is 0.334 e. The maximum absolute atomic E-state index is 13.8. The first-order valence-corrected chi connectivity index (χ1v) is 12.5. The van der Waals surface area contributed by atoms with Gasteiger partial charge in [-0.05, 0) is 66.1 Å². The predicted molar refractivity (Wildman–Crippen MR) is 138 cm³/mol. The molecule has 3 aromatic carbocycles. The summed E-state index contributed by atoms with van der Waals surface area (Å²) in [5.41, 5.74) is 2.62. The molecule has 0 saturated heterocycles. The van der Waals surface area contributed by atoms with Crippen molar-refractivity contribution >= 4 is 23.2 Å². The molecule has 3 aromatic rings. The zero-order valence-corrected chi connectivity index (χ0v) is 21.2. The van der Waals surface area contributed by atoms with E-state index in [0.29, 0.717) is 22.2 Å². The lowest BCUT2D eigenvalue weighted by atomic mass is 9.80. The molecule has 0 atom stereocenters. The highest BCUT2D eigenvalue weighted by Crippen LogP contribution is 2.36. The highest BCUT2D eigenvalue weighted by atomic mass is 35.5. The zero-order chi connectivity index (χ0) is 26.6. The number of hydrogen-bond donors (Lipinski definition) is 0. The Kier molecular flexibility index (Phi) is 8.09. The van der Waals surface area contributed by atoms with Gasteiger partial charge in [-0.15, -0.1) is 0 Å². The lowest BCUT2D eigenvalue weighted by Gasteiger charge is -2.27. The lowest BCUT2D eigenvalue weighted by molar-refractivity contribution is -0.137. The molecule has 0 heterocycles. The maximum atomic E-state index is 13.8. The Labute approximate surface area is 219 Å². The largest absolute Gasteiger partial charge is 0.416 e. The first-order valence-electron chi connectivity index (χ1n) is 12.1. The third-order valence-electron chi connectivity index (χ3n) is 6.84. The van der Waals surface area contributed by atoms with Crippen molar-refractivity contribution in [1.82, 2.24) is 4.90 Å². The van der Waals surface area contributed by atoms with Crippen molar-refractivity contribution in [2.75, 3.05) is 18.5 Å². The molecule has 0 N–H and O–H groups in total. The van der Waals surface area contributed by atoms with Crippen LogP contribution in [0.1, 0.15) is 57.8 Å². The van der Waals surface area contributed by atoms with Crippen molar-refractivity contribution in [3.8, 4) is 6.19 Å². The van der Waals surface area contributed by atoms with Gasteiger partial charge in [0, 0.05) is 25.2 Å². The normalized spacial score (nSPS) is 13.5. The molecule has 0 unspecified atom stereocenters. The molecule has 37 heavy (non-hydrogen) atoms. The SMILES string of the molecule is CN(C#N)c1ccc(Cl)cc1C(=O)N(CCc1cccc(C(F)(F)F)c1)Cc1ccc(C2CCC2)cc1. The highest BCUT2D eigenvalue weighted by molar-refractivity contribution is 6.31. The van der Waals surface area contributed by atoms with Gasteiger partial charge in [-0.3, -0.25) is 9.69 Å². The molecule has 0 bridgehead atoms. The summed E-state index contributed by atoms with van der Waals surface area (Å²) in [4.78, 5) is 16.6. The number of anilines is 1. The van der Waals surface area contributed by atoms with Crippen LogP contribution in [0.3, 0.4) is 0 Å². The van der Waals surface area contributed by atoms with E-state index in [1.807, 2.05) is 18.3 Å². The van der Waals surface area contributed by atoms with Gasteiger partial charge >= 0.3 is 6.18 Å². The van der Waals surface area contributed by atoms with Crippen LogP contribution < -0.4 is 4.90 Å². The Hall–Kier alpha value is -3.50. The molecule has 0 aliphatic heterocycles. The van der Waals surface area contributed by atoms with Gasteiger partial charge in [0.05, 0.1) is 16.8 Å². The second kappa shape index (κ2) is 11.3. The number of amides is 1. The van der Waals surface area contributed by atoms with Gasteiger partial charge in [0.15, 0.2) is 6.19 Å². The number of nitrogens with zero attached hydrogens (tertiary/aromatic N) is 3. The molecule has 4 rings (SSSR count). The number of benzene rings is 3. The Balaban J connectivity index is 1.62. The number of carbonyl (C=O) groups is 1. The number of hydrogen-bond acceptors (Lipinski definition) is 3. The fourth-order valence-corrected chi connectivity index (χ4v) is 4.65. The fraction of sp³-hybridized carbons (Fsp3) is 0.310. The maximum Gasteiger partial charge on any atom is 0.416 e. The summed E-state index contributed by atoms with van der Waals surface area (Å²) < 4.78 is 39.6. The number of nitriles is 1. The minimum atomic E-state index is -4.44. The van der Waals surface area contributed by atoms with Crippen LogP contribution in [0, 0.1) is 11.5 Å². The molecule has 0 aromatic heterocycles. The lowest BCUT2D eigenvalue weighted by Crippen LogP contribution is -2.33. The molecular weight excluding hydrogens is 499 g/mol. The predicted octanol–water partition coefficient (Wildman–Crippen LogP) is 7.43. The zero-order valence-electron chi connectivity index (χ0n) is 20.4. The molecule has 0 spiro atoms. The monoisotopic (exact) mass is 525 g/mol. The molecule has 1 saturated carbocycles.